The van der Waals surface area contributed by atoms with Gasteiger partial charge in [0.25, 0.3) is 5.91 Å². The Hall–Kier alpha value is -3.06. The molecule has 0 bridgehead atoms. The molecule has 4 N–H and O–H groups in total. The van der Waals surface area contributed by atoms with Crippen LogP contribution in [0, 0.1) is 0 Å². The number of ether oxygens (including phenoxy) is 1. The number of fused-ring (bicyclic) bond motifs is 2. The maximum Gasteiger partial charge on any atom is 0.319 e. The summed E-state index contributed by atoms with van der Waals surface area (Å²) in [6.45, 7) is 3.91. The van der Waals surface area contributed by atoms with Gasteiger partial charge in [-0.3, -0.25) is 4.79 Å². The van der Waals surface area contributed by atoms with Crippen molar-refractivity contribution in [3.63, 3.8) is 0 Å². The first-order chi connectivity index (χ1) is 12.6. The van der Waals surface area contributed by atoms with Gasteiger partial charge >= 0.3 is 6.03 Å². The predicted octanol–water partition coefficient (Wildman–Crippen LogP) is 2.33. The fourth-order valence-corrected chi connectivity index (χ4v) is 3.10. The zero-order valence-electron chi connectivity index (χ0n) is 14.4. The minimum Gasteiger partial charge on any atom is -0.479 e. The fraction of sp³-hybridized carbons (Fsp3) is 0.263. The molecule has 2 aromatic carbocycles. The Morgan fingerprint density at radius 1 is 1.19 bits per heavy atom. The highest BCUT2D eigenvalue weighted by Gasteiger charge is 2.23. The molecule has 0 aliphatic carbocycles. The summed E-state index contributed by atoms with van der Waals surface area (Å²) in [6.07, 6.45) is -0.521. The van der Waals surface area contributed by atoms with Crippen LogP contribution in [-0.4, -0.2) is 18.0 Å². The van der Waals surface area contributed by atoms with Gasteiger partial charge in [-0.25, -0.2) is 4.79 Å². The van der Waals surface area contributed by atoms with Gasteiger partial charge < -0.3 is 26.0 Å². The molecule has 2 aromatic rings. The van der Waals surface area contributed by atoms with Crippen molar-refractivity contribution in [3.8, 4) is 5.75 Å². The van der Waals surface area contributed by atoms with Crippen molar-refractivity contribution in [1.29, 1.82) is 0 Å². The lowest BCUT2D eigenvalue weighted by atomic mass is 10.1. The first-order valence-electron chi connectivity index (χ1n) is 8.56. The van der Waals surface area contributed by atoms with E-state index in [1.807, 2.05) is 6.07 Å². The van der Waals surface area contributed by atoms with Crippen molar-refractivity contribution >= 4 is 23.3 Å². The van der Waals surface area contributed by atoms with Crippen LogP contribution in [-0.2, 0) is 24.4 Å². The number of nitrogens with one attached hydrogen (secondary N) is 4. The molecule has 0 saturated heterocycles. The lowest BCUT2D eigenvalue weighted by molar-refractivity contribution is -0.122. The number of hydrogen-bond donors (Lipinski definition) is 4. The molecule has 0 fully saturated rings. The first-order valence-corrected chi connectivity index (χ1v) is 8.56. The van der Waals surface area contributed by atoms with Crippen LogP contribution in [0.15, 0.2) is 36.4 Å². The predicted molar refractivity (Wildman–Crippen MR) is 98.0 cm³/mol. The van der Waals surface area contributed by atoms with Crippen LogP contribution in [0.1, 0.15) is 23.6 Å². The van der Waals surface area contributed by atoms with Crippen LogP contribution in [0.2, 0.25) is 0 Å². The Morgan fingerprint density at radius 2 is 2.04 bits per heavy atom. The van der Waals surface area contributed by atoms with E-state index in [9.17, 15) is 9.59 Å². The molecule has 2 aliphatic rings. The smallest absolute Gasteiger partial charge is 0.319 e. The zero-order valence-corrected chi connectivity index (χ0v) is 14.4. The van der Waals surface area contributed by atoms with Crippen molar-refractivity contribution in [2.45, 2.75) is 32.7 Å². The zero-order chi connectivity index (χ0) is 18.1. The maximum absolute atomic E-state index is 12.2. The van der Waals surface area contributed by atoms with Crippen LogP contribution in [0.5, 0.6) is 5.75 Å². The van der Waals surface area contributed by atoms with E-state index in [2.05, 4.69) is 33.4 Å². The van der Waals surface area contributed by atoms with E-state index in [-0.39, 0.29) is 11.9 Å². The molecule has 1 atom stereocenters. The number of carbonyl (C=O) groups is 2. The van der Waals surface area contributed by atoms with E-state index < -0.39 is 6.10 Å². The lowest BCUT2D eigenvalue weighted by Gasteiger charge is -2.23. The van der Waals surface area contributed by atoms with Crippen LogP contribution in [0.4, 0.5) is 16.2 Å². The second kappa shape index (κ2) is 6.68. The topological polar surface area (TPSA) is 91.5 Å². The molecular weight excluding hydrogens is 332 g/mol. The number of rotatable bonds is 3. The van der Waals surface area contributed by atoms with E-state index in [0.717, 1.165) is 18.7 Å². The Balaban J connectivity index is 1.36. The highest BCUT2D eigenvalue weighted by molar-refractivity contribution is 5.99. The molecular formula is C19H20N4O3. The number of anilines is 2. The van der Waals surface area contributed by atoms with E-state index in [4.69, 9.17) is 4.74 Å². The van der Waals surface area contributed by atoms with Gasteiger partial charge in [-0.2, -0.15) is 0 Å². The van der Waals surface area contributed by atoms with Crippen LogP contribution in [0.25, 0.3) is 0 Å². The van der Waals surface area contributed by atoms with Crippen LogP contribution < -0.4 is 26.0 Å². The summed E-state index contributed by atoms with van der Waals surface area (Å²) in [5, 5.41) is 11.7. The summed E-state index contributed by atoms with van der Waals surface area (Å²) < 4.78 is 5.50. The quantitative estimate of drug-likeness (QED) is 0.682. The molecule has 7 nitrogen and oxygen atoms in total. The van der Waals surface area contributed by atoms with Gasteiger partial charge in [-0.05, 0) is 41.8 Å². The molecule has 0 aromatic heterocycles. The molecule has 134 valence electrons. The van der Waals surface area contributed by atoms with E-state index in [1.54, 1.807) is 25.1 Å². The average Bonchev–Trinajstić information content (AvgIpc) is 3.09. The van der Waals surface area contributed by atoms with Crippen molar-refractivity contribution in [3.05, 3.63) is 53.1 Å². The third-order valence-electron chi connectivity index (χ3n) is 4.52. The van der Waals surface area contributed by atoms with Gasteiger partial charge in [0.1, 0.15) is 5.75 Å². The summed E-state index contributed by atoms with van der Waals surface area (Å²) in [4.78, 5) is 23.8. The summed E-state index contributed by atoms with van der Waals surface area (Å²) in [6, 6.07) is 11.1. The van der Waals surface area contributed by atoms with Gasteiger partial charge in [-0.15, -0.1) is 0 Å². The monoisotopic (exact) mass is 352 g/mol. The lowest BCUT2D eigenvalue weighted by Crippen LogP contribution is -2.34. The highest BCUT2D eigenvalue weighted by atomic mass is 16.5. The normalized spacial score (nSPS) is 17.6. The number of amides is 3. The van der Waals surface area contributed by atoms with E-state index in [1.165, 1.54) is 11.1 Å². The molecule has 26 heavy (non-hydrogen) atoms. The number of urea groups is 1. The van der Waals surface area contributed by atoms with Crippen LogP contribution >= 0.6 is 0 Å². The van der Waals surface area contributed by atoms with Crippen molar-refractivity contribution < 1.29 is 14.3 Å². The Labute approximate surface area is 151 Å². The van der Waals surface area contributed by atoms with Crippen molar-refractivity contribution in [2.75, 3.05) is 10.6 Å². The largest absolute Gasteiger partial charge is 0.479 e. The summed E-state index contributed by atoms with van der Waals surface area (Å²) >= 11 is 0. The van der Waals surface area contributed by atoms with Gasteiger partial charge in [0.15, 0.2) is 6.10 Å². The molecule has 4 rings (SSSR count). The van der Waals surface area contributed by atoms with Crippen molar-refractivity contribution in [1.82, 2.24) is 10.6 Å². The molecule has 1 unspecified atom stereocenters. The number of benzene rings is 2. The van der Waals surface area contributed by atoms with Gasteiger partial charge in [0.2, 0.25) is 0 Å². The van der Waals surface area contributed by atoms with Gasteiger partial charge in [0.05, 0.1) is 5.69 Å². The second-order valence-corrected chi connectivity index (χ2v) is 6.47. The SMILES string of the molecule is CC1Oc2ccc(NC(=O)NCc3ccc4c(c3)CNC4)cc2NC1=O. The van der Waals surface area contributed by atoms with Crippen molar-refractivity contribution in [2.24, 2.45) is 0 Å². The number of hydrogen-bond acceptors (Lipinski definition) is 4. The Morgan fingerprint density at radius 3 is 2.92 bits per heavy atom. The molecule has 0 saturated carbocycles. The van der Waals surface area contributed by atoms with E-state index >= 15 is 0 Å². The summed E-state index contributed by atoms with van der Waals surface area (Å²) in [7, 11) is 0. The third-order valence-corrected chi connectivity index (χ3v) is 4.52. The molecule has 0 spiro atoms. The fourth-order valence-electron chi connectivity index (χ4n) is 3.10. The standard InChI is InChI=1S/C19H20N4O3/c1-11-18(24)23-16-7-15(4-5-17(16)26-11)22-19(25)21-8-12-2-3-13-9-20-10-14(13)6-12/h2-7,11,20H,8-10H2,1H3,(H,23,24)(H2,21,22,25). The first kappa shape index (κ1) is 16.4. The molecule has 7 heteroatoms. The third kappa shape index (κ3) is 3.34. The Kier molecular flexibility index (Phi) is 4.22. The minimum atomic E-state index is -0.521. The van der Waals surface area contributed by atoms with Crippen LogP contribution in [0.3, 0.4) is 0 Å². The minimum absolute atomic E-state index is 0.204. The number of carbonyl (C=O) groups excluding carboxylic acids is 2. The summed E-state index contributed by atoms with van der Waals surface area (Å²) in [5.41, 5.74) is 4.78. The maximum atomic E-state index is 12.2. The molecule has 0 radical (unpaired) electrons. The molecule has 2 heterocycles. The van der Waals surface area contributed by atoms with E-state index in [0.29, 0.717) is 23.7 Å². The highest BCUT2D eigenvalue weighted by Crippen LogP contribution is 2.32. The average molecular weight is 352 g/mol. The summed E-state index contributed by atoms with van der Waals surface area (Å²) in [5.74, 6) is 0.389. The second-order valence-electron chi connectivity index (χ2n) is 6.47. The Bertz CT molecular complexity index is 881. The van der Waals surface area contributed by atoms with Gasteiger partial charge in [0, 0.05) is 25.3 Å². The molecule has 2 aliphatic heterocycles. The molecule has 3 amide bonds. The van der Waals surface area contributed by atoms with Gasteiger partial charge in [-0.1, -0.05) is 18.2 Å².